The van der Waals surface area contributed by atoms with Gasteiger partial charge in [-0.05, 0) is 60.0 Å². The lowest BCUT2D eigenvalue weighted by molar-refractivity contribution is 0.101. The molecule has 0 bridgehead atoms. The topological polar surface area (TPSA) is 44.8 Å². The van der Waals surface area contributed by atoms with Gasteiger partial charge in [0, 0.05) is 6.07 Å². The largest absolute Gasteiger partial charge is 0.497 e. The first kappa shape index (κ1) is 18.7. The van der Waals surface area contributed by atoms with Gasteiger partial charge in [-0.2, -0.15) is 0 Å². The van der Waals surface area contributed by atoms with Crippen molar-refractivity contribution in [1.82, 2.24) is 0 Å². The number of aryl methyl sites for hydroxylation is 1. The predicted octanol–water partition coefficient (Wildman–Crippen LogP) is 5.34. The molecule has 1 aliphatic rings. The number of carbonyl (C=O) groups excluding carboxylic acids is 1. The molecule has 0 atom stereocenters. The maximum Gasteiger partial charge on any atom is 0.232 e. The smallest absolute Gasteiger partial charge is 0.232 e. The van der Waals surface area contributed by atoms with Gasteiger partial charge in [-0.1, -0.05) is 24.3 Å². The number of allylic oxidation sites excluding steroid dienone is 1. The number of hydrogen-bond acceptors (Lipinski definition) is 4. The Bertz CT molecular complexity index is 1100. The van der Waals surface area contributed by atoms with E-state index in [9.17, 15) is 9.18 Å². The number of ketones is 1. The molecule has 3 aromatic rings. The van der Waals surface area contributed by atoms with Crippen LogP contribution < -0.4 is 14.2 Å². The molecule has 0 saturated heterocycles. The number of hydrogen-bond donors (Lipinski definition) is 0. The van der Waals surface area contributed by atoms with Crippen LogP contribution in [-0.2, 0) is 6.61 Å². The lowest BCUT2D eigenvalue weighted by atomic mass is 10.0. The number of halogens is 1. The van der Waals surface area contributed by atoms with E-state index in [4.69, 9.17) is 14.2 Å². The second-order valence-corrected chi connectivity index (χ2v) is 6.74. The highest BCUT2D eigenvalue weighted by Gasteiger charge is 2.30. The minimum Gasteiger partial charge on any atom is -0.497 e. The summed E-state index contributed by atoms with van der Waals surface area (Å²) in [6, 6.07) is 17.0. The molecule has 0 amide bonds. The maximum atomic E-state index is 13.1. The number of rotatable bonds is 5. The molecule has 0 unspecified atom stereocenters. The van der Waals surface area contributed by atoms with E-state index in [1.807, 2.05) is 37.3 Å². The lowest BCUT2D eigenvalue weighted by Gasteiger charge is -2.10. The second-order valence-electron chi connectivity index (χ2n) is 6.74. The van der Waals surface area contributed by atoms with E-state index in [0.29, 0.717) is 29.2 Å². The molecule has 1 heterocycles. The fourth-order valence-corrected chi connectivity index (χ4v) is 3.20. The van der Waals surface area contributed by atoms with Crippen molar-refractivity contribution in [3.05, 3.63) is 94.5 Å². The third-order valence-electron chi connectivity index (χ3n) is 4.65. The molecular weight excluding hydrogens is 371 g/mol. The second kappa shape index (κ2) is 7.80. The van der Waals surface area contributed by atoms with Crippen LogP contribution in [0.15, 0.2) is 66.4 Å². The maximum absolute atomic E-state index is 13.1. The zero-order chi connectivity index (χ0) is 20.4. The number of fused-ring (bicyclic) bond motifs is 1. The van der Waals surface area contributed by atoms with Crippen LogP contribution in [0.2, 0.25) is 0 Å². The summed E-state index contributed by atoms with van der Waals surface area (Å²) in [5, 5.41) is 0. The molecule has 29 heavy (non-hydrogen) atoms. The van der Waals surface area contributed by atoms with Gasteiger partial charge < -0.3 is 14.2 Å². The summed E-state index contributed by atoms with van der Waals surface area (Å²) in [7, 11) is 1.62. The van der Waals surface area contributed by atoms with Crippen molar-refractivity contribution in [2.24, 2.45) is 0 Å². The van der Waals surface area contributed by atoms with Crippen molar-refractivity contribution in [2.75, 3.05) is 7.11 Å². The molecule has 4 nitrogen and oxygen atoms in total. The van der Waals surface area contributed by atoms with Crippen molar-refractivity contribution in [2.45, 2.75) is 13.5 Å². The van der Waals surface area contributed by atoms with Gasteiger partial charge >= 0.3 is 0 Å². The third-order valence-corrected chi connectivity index (χ3v) is 4.65. The fraction of sp³-hybridized carbons (Fsp3) is 0.125. The number of methoxy groups -OCH3 is 1. The van der Waals surface area contributed by atoms with Crippen LogP contribution in [0.3, 0.4) is 0 Å². The third kappa shape index (κ3) is 3.99. The van der Waals surface area contributed by atoms with Gasteiger partial charge in [-0.15, -0.1) is 0 Å². The first-order valence-electron chi connectivity index (χ1n) is 9.13. The van der Waals surface area contributed by atoms with Crippen LogP contribution in [-0.4, -0.2) is 12.9 Å². The van der Waals surface area contributed by atoms with Gasteiger partial charge in [0.15, 0.2) is 5.76 Å². The molecule has 0 spiro atoms. The van der Waals surface area contributed by atoms with E-state index < -0.39 is 0 Å². The highest BCUT2D eigenvalue weighted by atomic mass is 19.1. The standard InChI is InChI=1S/C24H19FO4/c1-15-10-20(28-14-17-4-3-5-19(11-17)27-2)13-21-23(15)24(26)22(29-21)12-16-6-8-18(25)9-7-16/h3-13H,14H2,1-2H3/b22-12-. The zero-order valence-electron chi connectivity index (χ0n) is 16.1. The minimum absolute atomic E-state index is 0.193. The van der Waals surface area contributed by atoms with E-state index in [1.54, 1.807) is 31.4 Å². The lowest BCUT2D eigenvalue weighted by Crippen LogP contribution is -2.00. The fourth-order valence-electron chi connectivity index (χ4n) is 3.20. The van der Waals surface area contributed by atoms with Crippen molar-refractivity contribution >= 4 is 11.9 Å². The van der Waals surface area contributed by atoms with E-state index >= 15 is 0 Å². The van der Waals surface area contributed by atoms with Crippen LogP contribution in [0.4, 0.5) is 4.39 Å². The first-order chi connectivity index (χ1) is 14.0. The van der Waals surface area contributed by atoms with Crippen molar-refractivity contribution < 1.29 is 23.4 Å². The van der Waals surface area contributed by atoms with Crippen LogP contribution in [0, 0.1) is 12.7 Å². The van der Waals surface area contributed by atoms with Gasteiger partial charge in [-0.25, -0.2) is 4.39 Å². The number of ether oxygens (including phenoxy) is 3. The Labute approximate surface area is 168 Å². The van der Waals surface area contributed by atoms with Gasteiger partial charge in [0.05, 0.1) is 12.7 Å². The zero-order valence-corrected chi connectivity index (χ0v) is 16.1. The van der Waals surface area contributed by atoms with Gasteiger partial charge in [0.2, 0.25) is 5.78 Å². The molecule has 0 aliphatic carbocycles. The Kier molecular flexibility index (Phi) is 5.04. The summed E-state index contributed by atoms with van der Waals surface area (Å²) in [6.07, 6.45) is 1.61. The monoisotopic (exact) mass is 390 g/mol. The average molecular weight is 390 g/mol. The highest BCUT2D eigenvalue weighted by Crippen LogP contribution is 2.37. The summed E-state index contributed by atoms with van der Waals surface area (Å²) in [5.41, 5.74) is 2.95. The Morgan fingerprint density at radius 3 is 2.59 bits per heavy atom. The Morgan fingerprint density at radius 2 is 1.83 bits per heavy atom. The number of Topliss-reactive ketones (excluding diaryl/α,β-unsaturated/α-hetero) is 1. The van der Waals surface area contributed by atoms with E-state index in [-0.39, 0.29) is 17.4 Å². The van der Waals surface area contributed by atoms with Crippen molar-refractivity contribution in [3.63, 3.8) is 0 Å². The van der Waals surface area contributed by atoms with Crippen LogP contribution in [0.1, 0.15) is 27.0 Å². The molecule has 0 N–H and O–H groups in total. The molecule has 3 aromatic carbocycles. The summed E-state index contributed by atoms with van der Waals surface area (Å²) in [5.74, 6) is 1.52. The van der Waals surface area contributed by atoms with Crippen molar-refractivity contribution in [1.29, 1.82) is 0 Å². The summed E-state index contributed by atoms with van der Waals surface area (Å²) in [4.78, 5) is 12.7. The molecule has 1 aliphatic heterocycles. The SMILES string of the molecule is COc1cccc(COc2cc(C)c3c(c2)O/C(=C\c2ccc(F)cc2)C3=O)c1. The Morgan fingerprint density at radius 1 is 1.03 bits per heavy atom. The first-order valence-corrected chi connectivity index (χ1v) is 9.13. The quantitative estimate of drug-likeness (QED) is 0.552. The molecule has 0 fully saturated rings. The molecule has 0 radical (unpaired) electrons. The predicted molar refractivity (Wildman–Crippen MR) is 108 cm³/mol. The molecule has 4 rings (SSSR count). The summed E-state index contributed by atoms with van der Waals surface area (Å²) >= 11 is 0. The van der Waals surface area contributed by atoms with Gasteiger partial charge in [0.1, 0.15) is 29.7 Å². The Balaban J connectivity index is 1.55. The number of carbonyl (C=O) groups is 1. The van der Waals surface area contributed by atoms with Gasteiger partial charge in [-0.3, -0.25) is 4.79 Å². The summed E-state index contributed by atoms with van der Waals surface area (Å²) < 4.78 is 30.0. The van der Waals surface area contributed by atoms with Gasteiger partial charge in [0.25, 0.3) is 0 Å². The molecule has 0 aromatic heterocycles. The molecular formula is C24H19FO4. The number of benzene rings is 3. The Hall–Kier alpha value is -3.60. The van der Waals surface area contributed by atoms with Crippen LogP contribution in [0.5, 0.6) is 17.2 Å². The van der Waals surface area contributed by atoms with E-state index in [1.165, 1.54) is 12.1 Å². The summed E-state index contributed by atoms with van der Waals surface area (Å²) in [6.45, 7) is 2.21. The van der Waals surface area contributed by atoms with Crippen LogP contribution >= 0.6 is 0 Å². The molecule has 0 saturated carbocycles. The van der Waals surface area contributed by atoms with Crippen LogP contribution in [0.25, 0.3) is 6.08 Å². The van der Waals surface area contributed by atoms with Crippen molar-refractivity contribution in [3.8, 4) is 17.2 Å². The normalized spacial score (nSPS) is 13.9. The van der Waals surface area contributed by atoms with E-state index in [0.717, 1.165) is 16.9 Å². The molecule has 5 heteroatoms. The molecule has 146 valence electrons. The minimum atomic E-state index is -0.331. The highest BCUT2D eigenvalue weighted by molar-refractivity contribution is 6.15. The van der Waals surface area contributed by atoms with E-state index in [2.05, 4.69) is 0 Å². The average Bonchev–Trinajstić information content (AvgIpc) is 3.04.